The second-order valence-electron chi connectivity index (χ2n) is 6.47. The average Bonchev–Trinajstić information content (AvgIpc) is 3.17. The summed E-state index contributed by atoms with van der Waals surface area (Å²) in [6, 6.07) is 12.1. The fourth-order valence-corrected chi connectivity index (χ4v) is 3.69. The molecule has 4 heteroatoms. The normalized spacial score (nSPS) is 17.6. The molecule has 1 fully saturated rings. The monoisotopic (exact) mass is 326 g/mol. The molecule has 0 amide bonds. The molecule has 3 rings (SSSR count). The highest BCUT2D eigenvalue weighted by molar-refractivity contribution is 5.36. The Bertz CT molecular complexity index is 627. The van der Waals surface area contributed by atoms with Crippen molar-refractivity contribution in [3.05, 3.63) is 59.9 Å². The third-order valence-corrected chi connectivity index (χ3v) is 4.97. The smallest absolute Gasteiger partial charge is 0.123 e. The third-order valence-electron chi connectivity index (χ3n) is 4.97. The van der Waals surface area contributed by atoms with Crippen molar-refractivity contribution in [3.63, 3.8) is 0 Å². The largest absolute Gasteiger partial charge is 0.496 e. The molecule has 1 heterocycles. The molecule has 1 aliphatic rings. The molecule has 1 aromatic heterocycles. The maximum absolute atomic E-state index is 10.5. The van der Waals surface area contributed by atoms with Crippen LogP contribution in [0.4, 0.5) is 0 Å². The van der Waals surface area contributed by atoms with Crippen molar-refractivity contribution in [3.8, 4) is 5.75 Å². The van der Waals surface area contributed by atoms with Gasteiger partial charge in [-0.15, -0.1) is 0 Å². The lowest BCUT2D eigenvalue weighted by molar-refractivity contribution is 0.163. The van der Waals surface area contributed by atoms with E-state index in [9.17, 15) is 5.11 Å². The van der Waals surface area contributed by atoms with Gasteiger partial charge in [0.2, 0.25) is 0 Å². The van der Waals surface area contributed by atoms with E-state index >= 15 is 0 Å². The van der Waals surface area contributed by atoms with Gasteiger partial charge in [0.05, 0.1) is 13.2 Å². The molecule has 1 aromatic carbocycles. The van der Waals surface area contributed by atoms with E-state index in [-0.39, 0.29) is 6.04 Å². The van der Waals surface area contributed by atoms with Crippen LogP contribution in [0.15, 0.2) is 48.8 Å². The van der Waals surface area contributed by atoms with Crippen LogP contribution in [-0.4, -0.2) is 23.7 Å². The highest BCUT2D eigenvalue weighted by Gasteiger charge is 2.28. The predicted octanol–water partition coefficient (Wildman–Crippen LogP) is 3.64. The van der Waals surface area contributed by atoms with E-state index in [0.717, 1.165) is 11.3 Å². The van der Waals surface area contributed by atoms with E-state index < -0.39 is 6.10 Å². The second kappa shape index (κ2) is 8.27. The van der Waals surface area contributed by atoms with Gasteiger partial charge >= 0.3 is 0 Å². The molecule has 0 saturated heterocycles. The zero-order chi connectivity index (χ0) is 16.8. The molecule has 0 radical (unpaired) electrons. The van der Waals surface area contributed by atoms with Crippen LogP contribution >= 0.6 is 0 Å². The SMILES string of the molecule is COc1ccccc1C(NCC(O)c1ccncc1)C1CCCC1. The molecule has 1 aliphatic carbocycles. The lowest BCUT2D eigenvalue weighted by Crippen LogP contribution is -2.31. The molecule has 24 heavy (non-hydrogen) atoms. The van der Waals surface area contributed by atoms with Gasteiger partial charge in [-0.3, -0.25) is 4.98 Å². The topological polar surface area (TPSA) is 54.4 Å². The number of para-hydroxylation sites is 1. The summed E-state index contributed by atoms with van der Waals surface area (Å²) in [5, 5.41) is 14.1. The Morgan fingerprint density at radius 3 is 2.58 bits per heavy atom. The van der Waals surface area contributed by atoms with Crippen LogP contribution < -0.4 is 10.1 Å². The number of nitrogens with one attached hydrogen (secondary N) is 1. The Labute approximate surface area is 143 Å². The third kappa shape index (κ3) is 3.94. The molecule has 1 saturated carbocycles. The minimum absolute atomic E-state index is 0.208. The lowest BCUT2D eigenvalue weighted by Gasteiger charge is -2.28. The molecule has 2 aromatic rings. The quantitative estimate of drug-likeness (QED) is 0.815. The van der Waals surface area contributed by atoms with E-state index in [1.54, 1.807) is 19.5 Å². The zero-order valence-corrected chi connectivity index (χ0v) is 14.2. The molecular weight excluding hydrogens is 300 g/mol. The molecular formula is C20H26N2O2. The summed E-state index contributed by atoms with van der Waals surface area (Å²) in [5.41, 5.74) is 2.08. The number of benzene rings is 1. The number of hydrogen-bond acceptors (Lipinski definition) is 4. The minimum atomic E-state index is -0.536. The Balaban J connectivity index is 1.75. The first-order valence-electron chi connectivity index (χ1n) is 8.74. The summed E-state index contributed by atoms with van der Waals surface area (Å²) >= 11 is 0. The number of rotatable bonds is 7. The Morgan fingerprint density at radius 2 is 1.88 bits per heavy atom. The maximum Gasteiger partial charge on any atom is 0.123 e. The van der Waals surface area contributed by atoms with E-state index in [0.29, 0.717) is 12.5 Å². The Morgan fingerprint density at radius 1 is 1.17 bits per heavy atom. The van der Waals surface area contributed by atoms with Gasteiger partial charge in [-0.05, 0) is 42.5 Å². The minimum Gasteiger partial charge on any atom is -0.496 e. The van der Waals surface area contributed by atoms with Gasteiger partial charge < -0.3 is 15.2 Å². The van der Waals surface area contributed by atoms with E-state index in [4.69, 9.17) is 4.74 Å². The lowest BCUT2D eigenvalue weighted by atomic mass is 9.90. The van der Waals surface area contributed by atoms with Gasteiger partial charge in [-0.1, -0.05) is 31.0 Å². The van der Waals surface area contributed by atoms with Crippen LogP contribution in [-0.2, 0) is 0 Å². The molecule has 4 nitrogen and oxygen atoms in total. The fraction of sp³-hybridized carbons (Fsp3) is 0.450. The van der Waals surface area contributed by atoms with Crippen molar-refractivity contribution >= 4 is 0 Å². The number of ether oxygens (including phenoxy) is 1. The highest BCUT2D eigenvalue weighted by atomic mass is 16.5. The predicted molar refractivity (Wildman–Crippen MR) is 94.9 cm³/mol. The van der Waals surface area contributed by atoms with Crippen molar-refractivity contribution in [2.45, 2.75) is 37.8 Å². The molecule has 128 valence electrons. The zero-order valence-electron chi connectivity index (χ0n) is 14.2. The van der Waals surface area contributed by atoms with Crippen molar-refractivity contribution < 1.29 is 9.84 Å². The number of pyridine rings is 1. The number of aromatic nitrogens is 1. The van der Waals surface area contributed by atoms with Crippen molar-refractivity contribution in [1.82, 2.24) is 10.3 Å². The van der Waals surface area contributed by atoms with Crippen LogP contribution in [0.25, 0.3) is 0 Å². The number of nitrogens with zero attached hydrogens (tertiary/aromatic N) is 1. The van der Waals surface area contributed by atoms with Crippen molar-refractivity contribution in [2.75, 3.05) is 13.7 Å². The van der Waals surface area contributed by atoms with Gasteiger partial charge in [0.25, 0.3) is 0 Å². The summed E-state index contributed by atoms with van der Waals surface area (Å²) in [4.78, 5) is 4.01. The number of hydrogen-bond donors (Lipinski definition) is 2. The summed E-state index contributed by atoms with van der Waals surface area (Å²) in [6.07, 6.45) is 7.91. The first-order valence-corrected chi connectivity index (χ1v) is 8.74. The fourth-order valence-electron chi connectivity index (χ4n) is 3.69. The van der Waals surface area contributed by atoms with Crippen LogP contribution in [0, 0.1) is 5.92 Å². The van der Waals surface area contributed by atoms with Crippen LogP contribution in [0.2, 0.25) is 0 Å². The molecule has 0 aliphatic heterocycles. The molecule has 2 unspecified atom stereocenters. The number of methoxy groups -OCH3 is 1. The molecule has 0 spiro atoms. The Hall–Kier alpha value is -1.91. The summed E-state index contributed by atoms with van der Waals surface area (Å²) in [7, 11) is 1.72. The summed E-state index contributed by atoms with van der Waals surface area (Å²) in [6.45, 7) is 0.517. The van der Waals surface area contributed by atoms with Gasteiger partial charge in [0.15, 0.2) is 0 Å². The standard InChI is InChI=1S/C20H26N2O2/c1-24-19-9-5-4-8-17(19)20(16-6-2-3-7-16)22-14-18(23)15-10-12-21-13-11-15/h4-5,8-13,16,18,20,22-23H,2-3,6-7,14H2,1H3. The summed E-state index contributed by atoms with van der Waals surface area (Å²) < 4.78 is 5.57. The van der Waals surface area contributed by atoms with Gasteiger partial charge in [0.1, 0.15) is 5.75 Å². The van der Waals surface area contributed by atoms with E-state index in [1.165, 1.54) is 31.2 Å². The van der Waals surface area contributed by atoms with Gasteiger partial charge in [0, 0.05) is 30.5 Å². The maximum atomic E-state index is 10.5. The van der Waals surface area contributed by atoms with Crippen molar-refractivity contribution in [2.24, 2.45) is 5.92 Å². The first kappa shape index (κ1) is 16.9. The van der Waals surface area contributed by atoms with E-state index in [2.05, 4.69) is 22.4 Å². The van der Waals surface area contributed by atoms with Crippen molar-refractivity contribution in [1.29, 1.82) is 0 Å². The molecule has 2 atom stereocenters. The first-order chi connectivity index (χ1) is 11.8. The number of aliphatic hydroxyl groups excluding tert-OH is 1. The summed E-state index contributed by atoms with van der Waals surface area (Å²) in [5.74, 6) is 1.51. The van der Waals surface area contributed by atoms with Crippen LogP contribution in [0.5, 0.6) is 5.75 Å². The van der Waals surface area contributed by atoms with E-state index in [1.807, 2.05) is 24.3 Å². The van der Waals surface area contributed by atoms with Crippen LogP contribution in [0.1, 0.15) is 49.0 Å². The second-order valence-corrected chi connectivity index (χ2v) is 6.47. The highest BCUT2D eigenvalue weighted by Crippen LogP contribution is 2.39. The van der Waals surface area contributed by atoms with Crippen LogP contribution in [0.3, 0.4) is 0 Å². The van der Waals surface area contributed by atoms with Gasteiger partial charge in [-0.25, -0.2) is 0 Å². The average molecular weight is 326 g/mol. The molecule has 2 N–H and O–H groups in total. The molecule has 0 bridgehead atoms. The van der Waals surface area contributed by atoms with Gasteiger partial charge in [-0.2, -0.15) is 0 Å². The number of aliphatic hydroxyl groups is 1. The Kier molecular flexibility index (Phi) is 5.83.